The lowest BCUT2D eigenvalue weighted by atomic mass is 10.3. The lowest BCUT2D eigenvalue weighted by Gasteiger charge is -2.07. The first-order chi connectivity index (χ1) is 8.74. The number of hydrogen-bond donors (Lipinski definition) is 2. The Balaban J connectivity index is 2.12. The van der Waals surface area contributed by atoms with Crippen LogP contribution in [0.4, 0.5) is 0 Å². The van der Waals surface area contributed by atoms with Gasteiger partial charge in [0, 0.05) is 13.0 Å². The normalized spacial score (nSPS) is 10.1. The van der Waals surface area contributed by atoms with Gasteiger partial charge < -0.3 is 15.8 Å². The third kappa shape index (κ3) is 5.89. The highest BCUT2D eigenvalue weighted by Gasteiger charge is 2.02. The van der Waals surface area contributed by atoms with Crippen molar-refractivity contribution in [3.63, 3.8) is 0 Å². The zero-order valence-electron chi connectivity index (χ0n) is 10.3. The second kappa shape index (κ2) is 8.78. The summed E-state index contributed by atoms with van der Waals surface area (Å²) in [5.74, 6) is 0.689. The molecule has 0 bridgehead atoms. The molecule has 100 valence electrons. The minimum absolute atomic E-state index is 0.0335. The molecule has 0 radical (unpaired) electrons. The predicted molar refractivity (Wildman–Crippen MR) is 72.9 cm³/mol. The summed E-state index contributed by atoms with van der Waals surface area (Å²) >= 11 is 5.93. The molecular weight excluding hydrogens is 252 g/mol. The molecular formula is C13H19ClN2O2. The lowest BCUT2D eigenvalue weighted by Crippen LogP contribution is -2.26. The van der Waals surface area contributed by atoms with Crippen LogP contribution in [0.15, 0.2) is 24.3 Å². The summed E-state index contributed by atoms with van der Waals surface area (Å²) in [6.07, 6.45) is 1.93. The first-order valence-corrected chi connectivity index (χ1v) is 6.46. The lowest BCUT2D eigenvalue weighted by molar-refractivity contribution is -0.121. The Morgan fingerprint density at radius 2 is 2.11 bits per heavy atom. The van der Waals surface area contributed by atoms with Crippen molar-refractivity contribution in [2.24, 2.45) is 5.73 Å². The van der Waals surface area contributed by atoms with E-state index in [1.54, 1.807) is 6.07 Å². The number of halogens is 1. The molecule has 0 unspecified atom stereocenters. The van der Waals surface area contributed by atoms with E-state index in [0.717, 1.165) is 6.42 Å². The smallest absolute Gasteiger partial charge is 0.220 e. The number of rotatable bonds is 8. The highest BCUT2D eigenvalue weighted by atomic mass is 35.5. The van der Waals surface area contributed by atoms with E-state index in [1.807, 2.05) is 18.2 Å². The standard InChI is InChI=1S/C13H19ClN2O2/c14-11-5-1-2-6-12(11)18-10-3-7-13(17)16-9-4-8-15/h1-2,5-6H,3-4,7-10,15H2,(H,16,17). The molecule has 0 aliphatic rings. The zero-order chi connectivity index (χ0) is 13.2. The molecule has 5 heteroatoms. The van der Waals surface area contributed by atoms with Gasteiger partial charge in [-0.3, -0.25) is 4.79 Å². The van der Waals surface area contributed by atoms with Crippen molar-refractivity contribution in [3.8, 4) is 5.75 Å². The maximum absolute atomic E-state index is 11.4. The van der Waals surface area contributed by atoms with Crippen molar-refractivity contribution < 1.29 is 9.53 Å². The first kappa shape index (κ1) is 14.8. The monoisotopic (exact) mass is 270 g/mol. The number of ether oxygens (including phenoxy) is 1. The van der Waals surface area contributed by atoms with Gasteiger partial charge >= 0.3 is 0 Å². The van der Waals surface area contributed by atoms with Crippen LogP contribution in [0, 0.1) is 0 Å². The van der Waals surface area contributed by atoms with Crippen LogP contribution in [-0.2, 0) is 4.79 Å². The van der Waals surface area contributed by atoms with Crippen molar-refractivity contribution in [3.05, 3.63) is 29.3 Å². The average Bonchev–Trinajstić information content (AvgIpc) is 2.37. The number of carbonyl (C=O) groups is 1. The molecule has 0 fully saturated rings. The summed E-state index contributed by atoms with van der Waals surface area (Å²) in [5, 5.41) is 3.38. The maximum Gasteiger partial charge on any atom is 0.220 e. The number of nitrogens with one attached hydrogen (secondary N) is 1. The van der Waals surface area contributed by atoms with Crippen LogP contribution in [-0.4, -0.2) is 25.6 Å². The van der Waals surface area contributed by atoms with E-state index in [2.05, 4.69) is 5.32 Å². The van der Waals surface area contributed by atoms with Crippen molar-refractivity contribution in [1.82, 2.24) is 5.32 Å². The fraction of sp³-hybridized carbons (Fsp3) is 0.462. The first-order valence-electron chi connectivity index (χ1n) is 6.08. The number of hydrogen-bond acceptors (Lipinski definition) is 3. The topological polar surface area (TPSA) is 64.3 Å². The summed E-state index contributed by atoms with van der Waals surface area (Å²) in [6, 6.07) is 7.29. The van der Waals surface area contributed by atoms with E-state index in [4.69, 9.17) is 22.1 Å². The number of carbonyl (C=O) groups excluding carboxylic acids is 1. The Kier molecular flexibility index (Phi) is 7.22. The van der Waals surface area contributed by atoms with E-state index in [9.17, 15) is 4.79 Å². The van der Waals surface area contributed by atoms with Crippen LogP contribution >= 0.6 is 11.6 Å². The Morgan fingerprint density at radius 1 is 1.33 bits per heavy atom. The van der Waals surface area contributed by atoms with Gasteiger partial charge in [-0.1, -0.05) is 23.7 Å². The van der Waals surface area contributed by atoms with Gasteiger partial charge in [0.1, 0.15) is 5.75 Å². The molecule has 0 aromatic heterocycles. The second-order valence-electron chi connectivity index (χ2n) is 3.87. The SMILES string of the molecule is NCCCNC(=O)CCCOc1ccccc1Cl. The number of benzene rings is 1. The van der Waals surface area contributed by atoms with Crippen molar-refractivity contribution in [2.75, 3.05) is 19.7 Å². The zero-order valence-corrected chi connectivity index (χ0v) is 11.1. The average molecular weight is 271 g/mol. The maximum atomic E-state index is 11.4. The quantitative estimate of drug-likeness (QED) is 0.710. The minimum Gasteiger partial charge on any atom is -0.492 e. The van der Waals surface area contributed by atoms with Crippen LogP contribution in [0.5, 0.6) is 5.75 Å². The molecule has 0 saturated heterocycles. The van der Waals surface area contributed by atoms with Crippen LogP contribution < -0.4 is 15.8 Å². The highest BCUT2D eigenvalue weighted by Crippen LogP contribution is 2.23. The fourth-order valence-electron chi connectivity index (χ4n) is 1.39. The van der Waals surface area contributed by atoms with Crippen molar-refractivity contribution in [2.45, 2.75) is 19.3 Å². The molecule has 0 aliphatic carbocycles. The summed E-state index contributed by atoms with van der Waals surface area (Å²) in [7, 11) is 0. The van der Waals surface area contributed by atoms with E-state index >= 15 is 0 Å². The molecule has 0 heterocycles. The molecule has 0 spiro atoms. The van der Waals surface area contributed by atoms with E-state index < -0.39 is 0 Å². The minimum atomic E-state index is 0.0335. The van der Waals surface area contributed by atoms with Gasteiger partial charge in [0.25, 0.3) is 0 Å². The van der Waals surface area contributed by atoms with Crippen molar-refractivity contribution >= 4 is 17.5 Å². The molecule has 18 heavy (non-hydrogen) atoms. The third-order valence-electron chi connectivity index (χ3n) is 2.35. The van der Waals surface area contributed by atoms with E-state index in [1.165, 1.54) is 0 Å². The summed E-state index contributed by atoms with van der Waals surface area (Å²) in [4.78, 5) is 11.4. The molecule has 1 aromatic carbocycles. The molecule has 0 saturated carbocycles. The fourth-order valence-corrected chi connectivity index (χ4v) is 1.59. The Hall–Kier alpha value is -1.26. The third-order valence-corrected chi connectivity index (χ3v) is 2.66. The van der Waals surface area contributed by atoms with Crippen LogP contribution in [0.2, 0.25) is 5.02 Å². The van der Waals surface area contributed by atoms with Gasteiger partial charge in [0.15, 0.2) is 0 Å². The molecule has 0 aliphatic heterocycles. The number of para-hydroxylation sites is 1. The van der Waals surface area contributed by atoms with Gasteiger partial charge in [-0.15, -0.1) is 0 Å². The molecule has 1 rings (SSSR count). The Bertz CT molecular complexity index is 372. The Labute approximate surface area is 112 Å². The van der Waals surface area contributed by atoms with Gasteiger partial charge in [-0.05, 0) is 31.5 Å². The van der Waals surface area contributed by atoms with Crippen LogP contribution in [0.25, 0.3) is 0 Å². The van der Waals surface area contributed by atoms with Crippen molar-refractivity contribution in [1.29, 1.82) is 0 Å². The largest absolute Gasteiger partial charge is 0.492 e. The van der Waals surface area contributed by atoms with E-state index in [-0.39, 0.29) is 5.91 Å². The number of nitrogens with two attached hydrogens (primary N) is 1. The predicted octanol–water partition coefficient (Wildman–Crippen LogP) is 1.96. The second-order valence-corrected chi connectivity index (χ2v) is 4.28. The molecule has 1 aromatic rings. The molecule has 0 atom stereocenters. The van der Waals surface area contributed by atoms with Gasteiger partial charge in [0.05, 0.1) is 11.6 Å². The molecule has 3 N–H and O–H groups in total. The van der Waals surface area contributed by atoms with Crippen LogP contribution in [0.1, 0.15) is 19.3 Å². The van der Waals surface area contributed by atoms with Gasteiger partial charge in [-0.25, -0.2) is 0 Å². The molecule has 1 amide bonds. The molecule has 4 nitrogen and oxygen atoms in total. The summed E-state index contributed by atoms with van der Waals surface area (Å²) in [6.45, 7) is 1.71. The summed E-state index contributed by atoms with van der Waals surface area (Å²) in [5.41, 5.74) is 5.33. The number of amides is 1. The van der Waals surface area contributed by atoms with Gasteiger partial charge in [0.2, 0.25) is 5.91 Å². The van der Waals surface area contributed by atoms with Gasteiger partial charge in [-0.2, -0.15) is 0 Å². The highest BCUT2D eigenvalue weighted by molar-refractivity contribution is 6.32. The van der Waals surface area contributed by atoms with E-state index in [0.29, 0.717) is 43.3 Å². The summed E-state index contributed by atoms with van der Waals surface area (Å²) < 4.78 is 5.48. The van der Waals surface area contributed by atoms with Crippen LogP contribution in [0.3, 0.4) is 0 Å². The Morgan fingerprint density at radius 3 is 2.83 bits per heavy atom.